The number of carboxylic acids is 1. The predicted molar refractivity (Wildman–Crippen MR) is 180 cm³/mol. The first kappa shape index (κ1) is 43.0. The average molecular weight is 608 g/mol. The number of benzene rings is 2. The number of aliphatic imine (C=N–C) groups is 1. The molecule has 4 N–H and O–H groups in total. The van der Waals surface area contributed by atoms with E-state index in [9.17, 15) is 13.6 Å². The second-order valence-electron chi connectivity index (χ2n) is 8.60. The van der Waals surface area contributed by atoms with Crippen LogP contribution < -0.4 is 11.1 Å². The smallest absolute Gasteiger partial charge is 0.312 e. The van der Waals surface area contributed by atoms with E-state index in [0.717, 1.165) is 52.7 Å². The Morgan fingerprint density at radius 1 is 1.07 bits per heavy atom. The molecule has 0 aliphatic rings. The number of nitrogens with zero attached hydrogens (tertiary/aromatic N) is 1. The third-order valence-corrected chi connectivity index (χ3v) is 5.33. The molecule has 0 amide bonds. The molecule has 0 saturated heterocycles. The van der Waals surface area contributed by atoms with Gasteiger partial charge in [0.05, 0.1) is 11.6 Å². The highest BCUT2D eigenvalue weighted by molar-refractivity contribution is 6.31. The normalized spacial score (nSPS) is 11.0. The summed E-state index contributed by atoms with van der Waals surface area (Å²) in [6, 6.07) is 14.1. The van der Waals surface area contributed by atoms with E-state index in [1.165, 1.54) is 0 Å². The summed E-state index contributed by atoms with van der Waals surface area (Å²) in [5, 5.41) is 12.4. The van der Waals surface area contributed by atoms with Crippen molar-refractivity contribution in [2.75, 3.05) is 7.05 Å². The molecule has 0 fully saturated rings. The summed E-state index contributed by atoms with van der Waals surface area (Å²) in [5.74, 6) is -1.51. The molecule has 2 aromatic rings. The number of hydrogen-bond acceptors (Lipinski definition) is 4. The molecule has 0 saturated carbocycles. The van der Waals surface area contributed by atoms with Gasteiger partial charge < -0.3 is 16.2 Å². The molecule has 8 heteroatoms. The highest BCUT2D eigenvalue weighted by Crippen LogP contribution is 2.33. The van der Waals surface area contributed by atoms with Crippen LogP contribution in [0.4, 0.5) is 14.5 Å². The van der Waals surface area contributed by atoms with Crippen molar-refractivity contribution in [3.63, 3.8) is 0 Å². The predicted octanol–water partition coefficient (Wildman–Crippen LogP) is 10.1. The van der Waals surface area contributed by atoms with Crippen LogP contribution in [-0.4, -0.2) is 30.3 Å². The molecule has 5 nitrogen and oxygen atoms in total. The fourth-order valence-corrected chi connectivity index (χ4v) is 3.12. The van der Waals surface area contributed by atoms with Crippen LogP contribution in [0.3, 0.4) is 0 Å². The summed E-state index contributed by atoms with van der Waals surface area (Å²) >= 11 is 6.24. The number of rotatable bonds is 8. The van der Waals surface area contributed by atoms with Gasteiger partial charge in [0.1, 0.15) is 0 Å². The summed E-state index contributed by atoms with van der Waals surface area (Å²) in [6.45, 7) is 22.4. The molecule has 0 aliphatic carbocycles. The maximum Gasteiger partial charge on any atom is 0.312 e. The molecule has 1 unspecified atom stereocenters. The lowest BCUT2D eigenvalue weighted by atomic mass is 10.0. The number of allylic oxidation sites excluding steroid dienone is 3. The van der Waals surface area contributed by atoms with Gasteiger partial charge in [-0.2, -0.15) is 0 Å². The minimum atomic E-state index is -2.17. The number of aliphatic carboxylic acids is 1. The zero-order valence-electron chi connectivity index (χ0n) is 27.3. The fraction of sp³-hybridized carbons (Fsp3) is 0.412. The van der Waals surface area contributed by atoms with Gasteiger partial charge in [-0.1, -0.05) is 94.8 Å². The maximum atomic E-state index is 10.4. The van der Waals surface area contributed by atoms with Gasteiger partial charge in [0.15, 0.2) is 0 Å². The molecular formula is C34H52ClF2N3O2. The Kier molecular flexibility index (Phi) is 25.9. The minimum Gasteiger partial charge on any atom is -0.481 e. The lowest BCUT2D eigenvalue weighted by Crippen LogP contribution is -2.17. The molecular weight excluding hydrogens is 556 g/mol. The molecule has 1 atom stereocenters. The second kappa shape index (κ2) is 25.3. The Balaban J connectivity index is -0.000000642. The van der Waals surface area contributed by atoms with E-state index >= 15 is 0 Å². The first-order valence-electron chi connectivity index (χ1n) is 14.2. The van der Waals surface area contributed by atoms with Crippen molar-refractivity contribution in [1.82, 2.24) is 5.32 Å². The number of carboxylic acid groups (broad SMARTS) is 1. The average Bonchev–Trinajstić information content (AvgIpc) is 2.98. The standard InChI is InChI=1S/C19H21ClN2.C9H15NO2.C2H4F2.2C2H6/c1-5-15-11-17(20)12-18(14(3)21-4)19(15)22-13(2)16-9-7-6-8-10-16;1-6(2)4-5-8(10)7(3)9(11)12;1-2(3)4;2*1-2/h6-12,21H,3,5H2,1-2,4H3;4-5,7H,10H2,1-3H3,(H,11,12);2H,1H3;2*1-2H3/b;8-5+;;;. The van der Waals surface area contributed by atoms with Gasteiger partial charge in [-0.25, -0.2) is 8.78 Å². The Hall–Kier alpha value is -3.45. The van der Waals surface area contributed by atoms with Crippen LogP contribution >= 0.6 is 11.6 Å². The molecule has 0 bridgehead atoms. The fourth-order valence-electron chi connectivity index (χ4n) is 2.88. The van der Waals surface area contributed by atoms with Crippen molar-refractivity contribution in [3.05, 3.63) is 94.2 Å². The van der Waals surface area contributed by atoms with Crippen molar-refractivity contribution >= 4 is 34.7 Å². The quantitative estimate of drug-likeness (QED) is 0.206. The third-order valence-electron chi connectivity index (χ3n) is 5.11. The molecule has 2 rings (SSSR count). The summed E-state index contributed by atoms with van der Waals surface area (Å²) in [5.41, 5.74) is 12.9. The van der Waals surface area contributed by atoms with Crippen LogP contribution in [0.2, 0.25) is 5.02 Å². The third kappa shape index (κ3) is 18.8. The van der Waals surface area contributed by atoms with Crippen molar-refractivity contribution in [1.29, 1.82) is 0 Å². The van der Waals surface area contributed by atoms with Crippen molar-refractivity contribution < 1.29 is 18.7 Å². The molecule has 42 heavy (non-hydrogen) atoms. The lowest BCUT2D eigenvalue weighted by molar-refractivity contribution is -0.139. The highest BCUT2D eigenvalue weighted by Gasteiger charge is 2.13. The SMILES string of the molecule is C=C(NC)c1cc(Cl)cc(CC)c1N=C(C)c1ccccc1.CC.CC.CC(C)=C/C=C(/N)C(C)C(=O)O.CC(F)F. The van der Waals surface area contributed by atoms with Gasteiger partial charge in [0.2, 0.25) is 6.43 Å². The number of nitrogens with one attached hydrogen (secondary N) is 1. The summed E-state index contributed by atoms with van der Waals surface area (Å²) in [7, 11) is 1.85. The second-order valence-corrected chi connectivity index (χ2v) is 9.03. The minimum absolute atomic E-state index is 0.378. The van der Waals surface area contributed by atoms with E-state index in [4.69, 9.17) is 27.4 Å². The molecule has 0 aliphatic heterocycles. The summed E-state index contributed by atoms with van der Waals surface area (Å²) in [6.07, 6.45) is 2.13. The number of hydrogen-bond donors (Lipinski definition) is 3. The number of carbonyl (C=O) groups is 1. The van der Waals surface area contributed by atoms with E-state index in [1.807, 2.05) is 85.8 Å². The summed E-state index contributed by atoms with van der Waals surface area (Å²) < 4.78 is 20.7. The Morgan fingerprint density at radius 2 is 1.57 bits per heavy atom. The number of nitrogens with two attached hydrogens (primary N) is 1. The zero-order valence-corrected chi connectivity index (χ0v) is 28.0. The number of aryl methyl sites for hydroxylation is 1. The van der Waals surface area contributed by atoms with E-state index in [0.29, 0.717) is 10.7 Å². The molecule has 0 spiro atoms. The van der Waals surface area contributed by atoms with Crippen LogP contribution in [0, 0.1) is 5.92 Å². The van der Waals surface area contributed by atoms with Gasteiger partial charge in [0, 0.05) is 34.7 Å². The van der Waals surface area contributed by atoms with Gasteiger partial charge >= 0.3 is 5.97 Å². The zero-order chi connectivity index (χ0) is 33.4. The van der Waals surface area contributed by atoms with Crippen LogP contribution in [-0.2, 0) is 11.2 Å². The van der Waals surface area contributed by atoms with Gasteiger partial charge in [-0.05, 0) is 70.4 Å². The first-order chi connectivity index (χ1) is 19.7. The molecule has 0 aromatic heterocycles. The lowest BCUT2D eigenvalue weighted by Gasteiger charge is -2.14. The topological polar surface area (TPSA) is 87.7 Å². The van der Waals surface area contributed by atoms with Crippen LogP contribution in [0.1, 0.15) is 85.9 Å². The highest BCUT2D eigenvalue weighted by atomic mass is 35.5. The van der Waals surface area contributed by atoms with E-state index in [-0.39, 0.29) is 0 Å². The monoisotopic (exact) mass is 607 g/mol. The van der Waals surface area contributed by atoms with Crippen molar-refractivity contribution in [3.8, 4) is 0 Å². The Morgan fingerprint density at radius 3 is 1.98 bits per heavy atom. The Labute approximate surface area is 258 Å². The number of halogens is 3. The molecule has 0 radical (unpaired) electrons. The number of alkyl halides is 2. The van der Waals surface area contributed by atoms with Crippen LogP contribution in [0.15, 0.2) is 77.5 Å². The van der Waals surface area contributed by atoms with E-state index in [2.05, 4.69) is 31.0 Å². The van der Waals surface area contributed by atoms with Crippen molar-refractivity contribution in [2.45, 2.75) is 82.1 Å². The van der Waals surface area contributed by atoms with Crippen LogP contribution in [0.25, 0.3) is 5.70 Å². The van der Waals surface area contributed by atoms with Crippen molar-refractivity contribution in [2.24, 2.45) is 16.6 Å². The first-order valence-corrected chi connectivity index (χ1v) is 14.5. The van der Waals surface area contributed by atoms with Gasteiger partial charge in [-0.3, -0.25) is 9.79 Å². The summed E-state index contributed by atoms with van der Waals surface area (Å²) in [4.78, 5) is 15.3. The van der Waals surface area contributed by atoms with E-state index < -0.39 is 18.3 Å². The molecule has 236 valence electrons. The Bertz CT molecular complexity index is 1140. The maximum absolute atomic E-state index is 10.4. The van der Waals surface area contributed by atoms with Crippen LogP contribution in [0.5, 0.6) is 0 Å². The van der Waals surface area contributed by atoms with Gasteiger partial charge in [-0.15, -0.1) is 0 Å². The molecule has 0 heterocycles. The van der Waals surface area contributed by atoms with E-state index in [1.54, 1.807) is 19.1 Å². The van der Waals surface area contributed by atoms with Gasteiger partial charge in [0.25, 0.3) is 0 Å². The largest absolute Gasteiger partial charge is 0.481 e. The molecule has 2 aromatic carbocycles.